The normalized spacial score (nSPS) is 22.0. The maximum absolute atomic E-state index is 11.5. The minimum Gasteiger partial charge on any atom is -0.488 e. The first-order valence-electron chi connectivity index (χ1n) is 15.0. The Bertz CT molecular complexity index is 1400. The molecule has 2 aromatic carbocycles. The van der Waals surface area contributed by atoms with Gasteiger partial charge in [-0.05, 0) is 79.8 Å². The van der Waals surface area contributed by atoms with Crippen molar-refractivity contribution in [2.24, 2.45) is 11.8 Å². The van der Waals surface area contributed by atoms with Gasteiger partial charge in [0.05, 0.1) is 11.6 Å². The number of thiazole rings is 1. The van der Waals surface area contributed by atoms with Crippen LogP contribution in [0.15, 0.2) is 35.7 Å². The van der Waals surface area contributed by atoms with E-state index in [9.17, 15) is 9.90 Å². The summed E-state index contributed by atoms with van der Waals surface area (Å²) >= 11 is 1.62. The first kappa shape index (κ1) is 28.2. The van der Waals surface area contributed by atoms with E-state index < -0.39 is 5.97 Å². The van der Waals surface area contributed by atoms with Crippen LogP contribution in [-0.4, -0.2) is 59.8 Å². The van der Waals surface area contributed by atoms with E-state index in [0.29, 0.717) is 25.6 Å². The molecular formula is C33H41N3O4S. The fourth-order valence-corrected chi connectivity index (χ4v) is 7.62. The van der Waals surface area contributed by atoms with E-state index in [1.807, 2.05) is 6.92 Å². The van der Waals surface area contributed by atoms with Crippen molar-refractivity contribution in [3.63, 3.8) is 0 Å². The summed E-state index contributed by atoms with van der Waals surface area (Å²) in [7, 11) is 0. The van der Waals surface area contributed by atoms with Gasteiger partial charge in [-0.2, -0.15) is 0 Å². The van der Waals surface area contributed by atoms with Gasteiger partial charge in [0.2, 0.25) is 0 Å². The van der Waals surface area contributed by atoms with Crippen molar-refractivity contribution in [2.45, 2.75) is 65.6 Å². The Morgan fingerprint density at radius 3 is 2.76 bits per heavy atom. The average Bonchev–Trinajstić information content (AvgIpc) is 3.47. The number of benzene rings is 2. The second-order valence-corrected chi connectivity index (χ2v) is 12.9. The highest BCUT2D eigenvalue weighted by Gasteiger charge is 2.32. The van der Waals surface area contributed by atoms with E-state index in [-0.39, 0.29) is 11.8 Å². The zero-order chi connectivity index (χ0) is 28.5. The quantitative estimate of drug-likeness (QED) is 0.365. The minimum absolute atomic E-state index is 0.0940. The van der Waals surface area contributed by atoms with E-state index >= 15 is 0 Å². The number of aliphatic carboxylic acids is 1. The van der Waals surface area contributed by atoms with Gasteiger partial charge in [0.1, 0.15) is 12.4 Å². The molecule has 4 heterocycles. The molecule has 0 aliphatic carbocycles. The topological polar surface area (TPSA) is 75.1 Å². The highest BCUT2D eigenvalue weighted by Crippen LogP contribution is 2.37. The molecule has 3 aliphatic heterocycles. The maximum atomic E-state index is 11.5. The lowest BCUT2D eigenvalue weighted by Crippen LogP contribution is -2.42. The second kappa shape index (κ2) is 12.1. The molecule has 41 heavy (non-hydrogen) atoms. The number of piperidine rings is 1. The molecule has 7 nitrogen and oxygen atoms in total. The molecule has 0 unspecified atom stereocenters. The van der Waals surface area contributed by atoms with Crippen LogP contribution < -0.4 is 9.64 Å². The molecule has 1 N–H and O–H groups in total. The number of carboxylic acids is 1. The van der Waals surface area contributed by atoms with Crippen LogP contribution in [0.25, 0.3) is 11.3 Å². The lowest BCUT2D eigenvalue weighted by Gasteiger charge is -2.38. The average molecular weight is 576 g/mol. The number of rotatable bonds is 7. The number of carbonyl (C=O) groups is 1. The number of nitrogens with zero attached hydrogens (tertiary/aromatic N) is 3. The standard InChI is InChI=1S/C33H41N3O4S/c1-21-4-5-31(28(14-21)30-20-41-33(34-30)36-11-7-27(32(37)38)23(3)17-36)40-19-24-15-22(2)29-18-35(10-6-25(29)16-24)26-8-12-39-13-9-26/h4-5,14-16,20,23,26-27H,6-13,17-19H2,1-3H3,(H,37,38)/t23-,27+/m1/s1. The number of hydrogen-bond acceptors (Lipinski definition) is 7. The fraction of sp³-hybridized carbons (Fsp3) is 0.515. The van der Waals surface area contributed by atoms with Crippen LogP contribution in [-0.2, 0) is 29.1 Å². The SMILES string of the molecule is Cc1ccc(OCc2cc(C)c3c(c2)CCN(C2CCOCC2)C3)c(-c2csc(N3CC[C@H](C(=O)O)[C@H](C)C3)n2)c1. The monoisotopic (exact) mass is 575 g/mol. The third-order valence-corrected chi connectivity index (χ3v) is 10.1. The molecule has 0 amide bonds. The smallest absolute Gasteiger partial charge is 0.306 e. The van der Waals surface area contributed by atoms with Crippen LogP contribution in [0.1, 0.15) is 54.0 Å². The Morgan fingerprint density at radius 2 is 1.98 bits per heavy atom. The molecule has 3 aromatic rings. The van der Waals surface area contributed by atoms with E-state index in [1.54, 1.807) is 11.3 Å². The van der Waals surface area contributed by atoms with Crippen molar-refractivity contribution in [3.8, 4) is 17.0 Å². The van der Waals surface area contributed by atoms with Gasteiger partial charge in [-0.25, -0.2) is 4.98 Å². The Kier molecular flexibility index (Phi) is 8.33. The molecule has 218 valence electrons. The third-order valence-electron chi connectivity index (χ3n) is 9.15. The van der Waals surface area contributed by atoms with E-state index in [2.05, 4.69) is 59.4 Å². The second-order valence-electron chi connectivity index (χ2n) is 12.1. The molecule has 6 rings (SSSR count). The van der Waals surface area contributed by atoms with Gasteiger partial charge in [-0.3, -0.25) is 9.69 Å². The summed E-state index contributed by atoms with van der Waals surface area (Å²) in [5.74, 6) is -0.0341. The summed E-state index contributed by atoms with van der Waals surface area (Å²) in [5, 5.41) is 12.5. The fourth-order valence-electron chi connectivity index (χ4n) is 6.76. The molecule has 2 saturated heterocycles. The number of anilines is 1. The first-order valence-corrected chi connectivity index (χ1v) is 15.8. The molecule has 0 spiro atoms. The van der Waals surface area contributed by atoms with Gasteiger partial charge >= 0.3 is 5.97 Å². The molecule has 2 fully saturated rings. The minimum atomic E-state index is -0.690. The third kappa shape index (κ3) is 6.15. The van der Waals surface area contributed by atoms with Crippen molar-refractivity contribution >= 4 is 22.4 Å². The highest BCUT2D eigenvalue weighted by atomic mass is 32.1. The molecule has 0 bridgehead atoms. The zero-order valence-electron chi connectivity index (χ0n) is 24.4. The van der Waals surface area contributed by atoms with E-state index in [0.717, 1.165) is 79.8 Å². The van der Waals surface area contributed by atoms with Crippen LogP contribution in [0.3, 0.4) is 0 Å². The van der Waals surface area contributed by atoms with Crippen LogP contribution in [0.4, 0.5) is 5.13 Å². The van der Waals surface area contributed by atoms with Crippen molar-refractivity contribution in [3.05, 3.63) is 63.5 Å². The highest BCUT2D eigenvalue weighted by molar-refractivity contribution is 7.14. The molecule has 2 atom stereocenters. The number of ether oxygens (including phenoxy) is 2. The van der Waals surface area contributed by atoms with Gasteiger partial charge in [0.25, 0.3) is 0 Å². The Morgan fingerprint density at radius 1 is 1.15 bits per heavy atom. The predicted molar refractivity (Wildman–Crippen MR) is 163 cm³/mol. The summed E-state index contributed by atoms with van der Waals surface area (Å²) in [5.41, 5.74) is 8.58. The molecular weight excluding hydrogens is 534 g/mol. The van der Waals surface area contributed by atoms with Crippen LogP contribution in [0.2, 0.25) is 0 Å². The number of carboxylic acid groups (broad SMARTS) is 1. The van der Waals surface area contributed by atoms with Gasteiger partial charge in [0.15, 0.2) is 5.13 Å². The van der Waals surface area contributed by atoms with Gasteiger partial charge in [0, 0.05) is 56.4 Å². The van der Waals surface area contributed by atoms with Crippen LogP contribution >= 0.6 is 11.3 Å². The lowest BCUT2D eigenvalue weighted by atomic mass is 9.87. The Balaban J connectivity index is 1.15. The molecule has 0 radical (unpaired) electrons. The zero-order valence-corrected chi connectivity index (χ0v) is 25.2. The summed E-state index contributed by atoms with van der Waals surface area (Å²) in [4.78, 5) is 21.4. The van der Waals surface area contributed by atoms with Crippen molar-refractivity contribution in [2.75, 3.05) is 37.7 Å². The molecule has 1 aromatic heterocycles. The first-order chi connectivity index (χ1) is 19.9. The van der Waals surface area contributed by atoms with Crippen molar-refractivity contribution in [1.82, 2.24) is 9.88 Å². The van der Waals surface area contributed by atoms with Crippen molar-refractivity contribution in [1.29, 1.82) is 0 Å². The number of aromatic nitrogens is 1. The van der Waals surface area contributed by atoms with E-state index in [4.69, 9.17) is 14.5 Å². The summed E-state index contributed by atoms with van der Waals surface area (Å²) in [6, 6.07) is 11.6. The largest absolute Gasteiger partial charge is 0.488 e. The maximum Gasteiger partial charge on any atom is 0.306 e. The summed E-state index contributed by atoms with van der Waals surface area (Å²) in [6.07, 6.45) is 4.02. The van der Waals surface area contributed by atoms with Crippen LogP contribution in [0.5, 0.6) is 5.75 Å². The van der Waals surface area contributed by atoms with Gasteiger partial charge < -0.3 is 19.5 Å². The Labute approximate surface area is 247 Å². The van der Waals surface area contributed by atoms with Gasteiger partial charge in [-0.15, -0.1) is 11.3 Å². The Hall–Kier alpha value is -2.94. The lowest BCUT2D eigenvalue weighted by molar-refractivity contribution is -0.144. The van der Waals surface area contributed by atoms with Crippen molar-refractivity contribution < 1.29 is 19.4 Å². The molecule has 8 heteroatoms. The number of aryl methyl sites for hydroxylation is 2. The molecule has 3 aliphatic rings. The number of hydrogen-bond donors (Lipinski definition) is 1. The van der Waals surface area contributed by atoms with Gasteiger partial charge in [-0.1, -0.05) is 30.7 Å². The molecule has 0 saturated carbocycles. The number of fused-ring (bicyclic) bond motifs is 1. The van der Waals surface area contributed by atoms with E-state index in [1.165, 1.54) is 22.3 Å². The van der Waals surface area contributed by atoms with Crippen LogP contribution in [0, 0.1) is 25.7 Å². The summed E-state index contributed by atoms with van der Waals surface area (Å²) in [6.45, 7) is 12.2. The predicted octanol–water partition coefficient (Wildman–Crippen LogP) is 6.09. The summed E-state index contributed by atoms with van der Waals surface area (Å²) < 4.78 is 12.1.